The van der Waals surface area contributed by atoms with Crippen LogP contribution in [0.3, 0.4) is 0 Å². The highest BCUT2D eigenvalue weighted by Crippen LogP contribution is 2.12. The third kappa shape index (κ3) is 29.9. The van der Waals surface area contributed by atoms with E-state index in [1.165, 1.54) is 141 Å². The first kappa shape index (κ1) is 31.9. The number of hydrogen-bond donors (Lipinski definition) is 1. The van der Waals surface area contributed by atoms with Gasteiger partial charge in [0.2, 0.25) is 0 Å². The zero-order valence-electron chi connectivity index (χ0n) is 22.4. The smallest absolute Gasteiger partial charge is 0.0682 e. The minimum atomic E-state index is 0.844. The Morgan fingerprint density at radius 2 is 0.719 bits per heavy atom. The van der Waals surface area contributed by atoms with E-state index in [-0.39, 0.29) is 0 Å². The summed E-state index contributed by atoms with van der Waals surface area (Å²) in [4.78, 5) is 5.53. The van der Waals surface area contributed by atoms with Crippen molar-refractivity contribution in [2.24, 2.45) is 0 Å². The molecule has 0 aliphatic carbocycles. The molecular formula is C29H61NO2. The highest BCUT2D eigenvalue weighted by Gasteiger charge is 1.96. The van der Waals surface area contributed by atoms with Gasteiger partial charge >= 0.3 is 0 Å². The van der Waals surface area contributed by atoms with Crippen molar-refractivity contribution in [2.75, 3.05) is 26.4 Å². The van der Waals surface area contributed by atoms with E-state index in [1.807, 2.05) is 0 Å². The van der Waals surface area contributed by atoms with E-state index in [1.54, 1.807) is 0 Å². The van der Waals surface area contributed by atoms with Crippen LogP contribution in [0.1, 0.15) is 162 Å². The molecule has 0 aromatic rings. The SMILES string of the molecule is CCCCCCCCCCCCCCONCCCOCCCCCCCCCCCC. The standard InChI is InChI=1S/C29H61NO2/c1-3-5-7-9-11-13-15-16-18-20-22-24-29-32-30-26-25-28-31-27-23-21-19-17-14-12-10-8-6-4-2/h30H,3-29H2,1-2H3. The average molecular weight is 456 g/mol. The highest BCUT2D eigenvalue weighted by molar-refractivity contribution is 4.49. The van der Waals surface area contributed by atoms with Crippen molar-refractivity contribution in [1.29, 1.82) is 0 Å². The van der Waals surface area contributed by atoms with Crippen molar-refractivity contribution in [3.8, 4) is 0 Å². The van der Waals surface area contributed by atoms with Crippen molar-refractivity contribution < 1.29 is 9.57 Å². The minimum Gasteiger partial charge on any atom is -0.381 e. The van der Waals surface area contributed by atoms with Crippen molar-refractivity contribution >= 4 is 0 Å². The Labute approximate surface area is 203 Å². The molecule has 0 fully saturated rings. The molecule has 0 unspecified atom stereocenters. The van der Waals surface area contributed by atoms with Gasteiger partial charge in [-0.25, -0.2) is 5.48 Å². The molecule has 0 saturated heterocycles. The van der Waals surface area contributed by atoms with Crippen LogP contribution in [0.25, 0.3) is 0 Å². The van der Waals surface area contributed by atoms with Crippen molar-refractivity contribution in [3.63, 3.8) is 0 Å². The third-order valence-corrected chi connectivity index (χ3v) is 6.41. The Morgan fingerprint density at radius 3 is 1.16 bits per heavy atom. The molecule has 0 spiro atoms. The van der Waals surface area contributed by atoms with Crippen molar-refractivity contribution in [3.05, 3.63) is 0 Å². The van der Waals surface area contributed by atoms with Crippen LogP contribution >= 0.6 is 0 Å². The summed E-state index contributed by atoms with van der Waals surface area (Å²) >= 11 is 0. The first-order chi connectivity index (χ1) is 15.9. The van der Waals surface area contributed by atoms with E-state index < -0.39 is 0 Å². The van der Waals surface area contributed by atoms with E-state index in [0.29, 0.717) is 0 Å². The maximum absolute atomic E-state index is 5.73. The first-order valence-electron chi connectivity index (χ1n) is 14.8. The molecule has 0 saturated carbocycles. The summed E-state index contributed by atoms with van der Waals surface area (Å²) in [5.41, 5.74) is 3.09. The van der Waals surface area contributed by atoms with Gasteiger partial charge < -0.3 is 9.57 Å². The third-order valence-electron chi connectivity index (χ3n) is 6.41. The zero-order valence-corrected chi connectivity index (χ0v) is 22.4. The van der Waals surface area contributed by atoms with Gasteiger partial charge in [0.15, 0.2) is 0 Å². The van der Waals surface area contributed by atoms with E-state index in [9.17, 15) is 0 Å². The van der Waals surface area contributed by atoms with E-state index >= 15 is 0 Å². The molecule has 0 aliphatic heterocycles. The number of nitrogens with one attached hydrogen (secondary N) is 1. The lowest BCUT2D eigenvalue weighted by Gasteiger charge is -2.07. The number of rotatable bonds is 29. The molecule has 0 radical (unpaired) electrons. The molecule has 0 amide bonds. The molecule has 0 aromatic heterocycles. The molecule has 3 heteroatoms. The first-order valence-corrected chi connectivity index (χ1v) is 14.8. The van der Waals surface area contributed by atoms with Crippen LogP contribution in [0.4, 0.5) is 0 Å². The van der Waals surface area contributed by atoms with Crippen molar-refractivity contribution in [1.82, 2.24) is 5.48 Å². The quantitative estimate of drug-likeness (QED) is 0.0899. The van der Waals surface area contributed by atoms with Gasteiger partial charge in [-0.1, -0.05) is 142 Å². The number of hydrogen-bond acceptors (Lipinski definition) is 3. The fourth-order valence-corrected chi connectivity index (χ4v) is 4.20. The summed E-state index contributed by atoms with van der Waals surface area (Å²) in [7, 11) is 0. The Balaban J connectivity index is 2.98. The second-order valence-corrected chi connectivity index (χ2v) is 9.78. The van der Waals surface area contributed by atoms with Gasteiger partial charge in [-0.15, -0.1) is 0 Å². The monoisotopic (exact) mass is 455 g/mol. The molecular weight excluding hydrogens is 394 g/mol. The molecule has 3 nitrogen and oxygen atoms in total. The predicted octanol–water partition coefficient (Wildman–Crippen LogP) is 9.54. The molecule has 0 aromatic carbocycles. The van der Waals surface area contributed by atoms with Gasteiger partial charge in [-0.2, -0.15) is 0 Å². The summed E-state index contributed by atoms with van der Waals surface area (Å²) in [6.45, 7) is 8.10. The second kappa shape index (κ2) is 30.9. The molecule has 32 heavy (non-hydrogen) atoms. The van der Waals surface area contributed by atoms with Gasteiger partial charge in [0.25, 0.3) is 0 Å². The maximum atomic E-state index is 5.73. The van der Waals surface area contributed by atoms with Gasteiger partial charge in [0.1, 0.15) is 0 Å². The molecule has 0 bridgehead atoms. The van der Waals surface area contributed by atoms with Gasteiger partial charge in [0.05, 0.1) is 6.61 Å². The summed E-state index contributed by atoms with van der Waals surface area (Å²) in [6, 6.07) is 0. The molecule has 0 atom stereocenters. The van der Waals surface area contributed by atoms with Crippen LogP contribution in [0.15, 0.2) is 0 Å². The Hall–Kier alpha value is -0.120. The molecule has 194 valence electrons. The van der Waals surface area contributed by atoms with Crippen LogP contribution in [-0.2, 0) is 9.57 Å². The topological polar surface area (TPSA) is 30.5 Å². The molecule has 1 N–H and O–H groups in total. The second-order valence-electron chi connectivity index (χ2n) is 9.78. The number of hydroxylamine groups is 1. The van der Waals surface area contributed by atoms with Crippen LogP contribution in [-0.4, -0.2) is 26.4 Å². The van der Waals surface area contributed by atoms with E-state index in [0.717, 1.165) is 32.8 Å². The highest BCUT2D eigenvalue weighted by atomic mass is 16.6. The lowest BCUT2D eigenvalue weighted by Crippen LogP contribution is -2.18. The fraction of sp³-hybridized carbons (Fsp3) is 1.00. The summed E-state index contributed by atoms with van der Waals surface area (Å²) in [6.07, 6.45) is 31.5. The number of unbranched alkanes of at least 4 members (excludes halogenated alkanes) is 20. The van der Waals surface area contributed by atoms with Crippen LogP contribution in [0, 0.1) is 0 Å². The fourth-order valence-electron chi connectivity index (χ4n) is 4.20. The average Bonchev–Trinajstić information content (AvgIpc) is 2.81. The molecule has 0 heterocycles. The Bertz CT molecular complexity index is 282. The lowest BCUT2D eigenvalue weighted by molar-refractivity contribution is 0.0312. The molecule has 0 aliphatic rings. The van der Waals surface area contributed by atoms with Crippen LogP contribution in [0.5, 0.6) is 0 Å². The van der Waals surface area contributed by atoms with E-state index in [4.69, 9.17) is 9.57 Å². The van der Waals surface area contributed by atoms with Crippen LogP contribution < -0.4 is 5.48 Å². The minimum absolute atomic E-state index is 0.844. The predicted molar refractivity (Wildman–Crippen MR) is 142 cm³/mol. The van der Waals surface area contributed by atoms with E-state index in [2.05, 4.69) is 19.3 Å². The maximum Gasteiger partial charge on any atom is 0.0682 e. The normalized spacial score (nSPS) is 11.4. The zero-order chi connectivity index (χ0) is 23.2. The van der Waals surface area contributed by atoms with Gasteiger partial charge in [-0.3, -0.25) is 0 Å². The summed E-state index contributed by atoms with van der Waals surface area (Å²) in [5.74, 6) is 0. The van der Waals surface area contributed by atoms with Crippen LogP contribution in [0.2, 0.25) is 0 Å². The largest absolute Gasteiger partial charge is 0.381 e. The van der Waals surface area contributed by atoms with Crippen molar-refractivity contribution in [2.45, 2.75) is 162 Å². The molecule has 0 rings (SSSR count). The number of ether oxygens (including phenoxy) is 1. The van der Waals surface area contributed by atoms with Gasteiger partial charge in [-0.05, 0) is 19.3 Å². The Morgan fingerprint density at radius 1 is 0.375 bits per heavy atom. The summed E-state index contributed by atoms with van der Waals surface area (Å²) < 4.78 is 5.73. The lowest BCUT2D eigenvalue weighted by atomic mass is 10.1. The van der Waals surface area contributed by atoms with Gasteiger partial charge in [0, 0.05) is 19.8 Å². The summed E-state index contributed by atoms with van der Waals surface area (Å²) in [5, 5.41) is 0. The Kier molecular flexibility index (Phi) is 30.8.